The second kappa shape index (κ2) is 7.66. The summed E-state index contributed by atoms with van der Waals surface area (Å²) in [6, 6.07) is 0. The predicted octanol–water partition coefficient (Wildman–Crippen LogP) is 3.99. The van der Waals surface area contributed by atoms with E-state index in [0.29, 0.717) is 32.1 Å². The van der Waals surface area contributed by atoms with Crippen LogP contribution in [0.3, 0.4) is 0 Å². The highest BCUT2D eigenvalue weighted by Crippen LogP contribution is 2.72. The molecule has 5 rings (SSSR count). The Balaban J connectivity index is 1.67. The van der Waals surface area contributed by atoms with Crippen LogP contribution >= 0.6 is 0 Å². The van der Waals surface area contributed by atoms with E-state index >= 15 is 0 Å². The van der Waals surface area contributed by atoms with Crippen LogP contribution in [0.1, 0.15) is 78.6 Å². The van der Waals surface area contributed by atoms with Crippen molar-refractivity contribution in [1.29, 1.82) is 0 Å². The number of carbonyl (C=O) groups excluding carboxylic acids is 3. The molecule has 1 heterocycles. The Morgan fingerprint density at radius 1 is 1.24 bits per heavy atom. The minimum Gasteiger partial charge on any atom is -0.469 e. The molecule has 6 heteroatoms. The Morgan fingerprint density at radius 2 is 2.00 bits per heavy atom. The van der Waals surface area contributed by atoms with Crippen molar-refractivity contribution < 1.29 is 29.0 Å². The van der Waals surface area contributed by atoms with E-state index in [9.17, 15) is 19.5 Å². The van der Waals surface area contributed by atoms with Crippen LogP contribution < -0.4 is 0 Å². The maximum Gasteiger partial charge on any atom is 0.309 e. The molecule has 6 nitrogen and oxygen atoms in total. The van der Waals surface area contributed by atoms with Crippen molar-refractivity contribution >= 4 is 17.7 Å². The zero-order chi connectivity index (χ0) is 23.8. The number of aliphatic hydroxyl groups is 1. The van der Waals surface area contributed by atoms with Gasteiger partial charge in [0.25, 0.3) is 0 Å². The summed E-state index contributed by atoms with van der Waals surface area (Å²) < 4.78 is 11.5. The average Bonchev–Trinajstić information content (AvgIpc) is 3.30. The second-order valence-electron chi connectivity index (χ2n) is 11.6. The number of methoxy groups -OCH3 is 1. The zero-order valence-corrected chi connectivity index (χ0v) is 20.4. The standard InChI is InChI=1S/C27H38O6/c1-5-15-13-19-22-18(24(31)32-4)12-16-11-17(28)7-9-26(16,6-2)23(22)20(29)14-25(19,3)27(15)10-8-21(30)33-27/h11,15,18-20,22-23,29H,5-10,12-14H2,1-4H3/t15?,18?,19?,20?,22?,23?,25-,26-,27-/m0/s1. The molecule has 4 fully saturated rings. The minimum atomic E-state index is -0.618. The van der Waals surface area contributed by atoms with Crippen LogP contribution in [-0.2, 0) is 23.9 Å². The van der Waals surface area contributed by atoms with E-state index in [1.807, 2.05) is 0 Å². The van der Waals surface area contributed by atoms with Gasteiger partial charge < -0.3 is 14.6 Å². The van der Waals surface area contributed by atoms with E-state index in [1.54, 1.807) is 6.08 Å². The third kappa shape index (κ3) is 2.85. The Labute approximate surface area is 196 Å². The fourth-order valence-corrected chi connectivity index (χ4v) is 9.52. The smallest absolute Gasteiger partial charge is 0.309 e. The number of hydrogen-bond acceptors (Lipinski definition) is 6. The van der Waals surface area contributed by atoms with Crippen LogP contribution in [-0.4, -0.2) is 41.6 Å². The maximum atomic E-state index is 13.2. The van der Waals surface area contributed by atoms with Gasteiger partial charge in [-0.05, 0) is 80.1 Å². The molecule has 182 valence electrons. The topological polar surface area (TPSA) is 89.9 Å². The van der Waals surface area contributed by atoms with E-state index < -0.39 is 11.7 Å². The van der Waals surface area contributed by atoms with Gasteiger partial charge in [0.15, 0.2) is 5.78 Å². The molecule has 5 aliphatic rings. The van der Waals surface area contributed by atoms with Crippen LogP contribution in [0.2, 0.25) is 0 Å². The van der Waals surface area contributed by atoms with Crippen molar-refractivity contribution in [2.45, 2.75) is 90.3 Å². The van der Waals surface area contributed by atoms with Crippen molar-refractivity contribution in [3.05, 3.63) is 11.6 Å². The average molecular weight is 459 g/mol. The Bertz CT molecular complexity index is 908. The largest absolute Gasteiger partial charge is 0.469 e. The molecule has 0 amide bonds. The van der Waals surface area contributed by atoms with Gasteiger partial charge in [0.2, 0.25) is 0 Å². The Morgan fingerprint density at radius 3 is 2.61 bits per heavy atom. The first-order valence-electron chi connectivity index (χ1n) is 12.9. The van der Waals surface area contributed by atoms with Crippen LogP contribution in [0, 0.1) is 40.4 Å². The van der Waals surface area contributed by atoms with E-state index in [-0.39, 0.29) is 58.1 Å². The van der Waals surface area contributed by atoms with Gasteiger partial charge in [0, 0.05) is 18.3 Å². The number of ether oxygens (including phenoxy) is 2. The summed E-state index contributed by atoms with van der Waals surface area (Å²) in [4.78, 5) is 37.9. The van der Waals surface area contributed by atoms with Gasteiger partial charge in [-0.2, -0.15) is 0 Å². The molecule has 3 saturated carbocycles. The number of rotatable bonds is 3. The van der Waals surface area contributed by atoms with E-state index in [0.717, 1.165) is 31.3 Å². The van der Waals surface area contributed by atoms with Crippen molar-refractivity contribution in [3.63, 3.8) is 0 Å². The lowest BCUT2D eigenvalue weighted by atomic mass is 9.42. The molecular weight excluding hydrogens is 420 g/mol. The Hall–Kier alpha value is -1.69. The highest BCUT2D eigenvalue weighted by molar-refractivity contribution is 5.92. The van der Waals surface area contributed by atoms with Crippen molar-refractivity contribution in [1.82, 2.24) is 0 Å². The molecule has 9 atom stereocenters. The maximum absolute atomic E-state index is 13.2. The quantitative estimate of drug-likeness (QED) is 0.643. The highest BCUT2D eigenvalue weighted by Gasteiger charge is 2.73. The lowest BCUT2D eigenvalue weighted by Crippen LogP contribution is -2.63. The van der Waals surface area contributed by atoms with Crippen LogP contribution in [0.15, 0.2) is 11.6 Å². The van der Waals surface area contributed by atoms with E-state index in [4.69, 9.17) is 9.47 Å². The highest BCUT2D eigenvalue weighted by atomic mass is 16.6. The number of ketones is 1. The molecule has 1 spiro atoms. The number of esters is 2. The van der Waals surface area contributed by atoms with Crippen LogP contribution in [0.4, 0.5) is 0 Å². The van der Waals surface area contributed by atoms with Gasteiger partial charge >= 0.3 is 11.9 Å². The molecule has 0 aromatic rings. The first-order valence-corrected chi connectivity index (χ1v) is 12.9. The van der Waals surface area contributed by atoms with E-state index in [2.05, 4.69) is 20.8 Å². The normalized spacial score (nSPS) is 48.6. The molecular formula is C27H38O6. The third-order valence-corrected chi connectivity index (χ3v) is 10.9. The fourth-order valence-electron chi connectivity index (χ4n) is 9.52. The fraction of sp³-hybridized carbons (Fsp3) is 0.815. The molecule has 0 bridgehead atoms. The summed E-state index contributed by atoms with van der Waals surface area (Å²) in [6.07, 6.45) is 7.26. The van der Waals surface area contributed by atoms with Gasteiger partial charge in [-0.25, -0.2) is 0 Å². The SMILES string of the molecule is CCC1CC2C3C(C(=O)OC)CC4=CC(=O)CC[C@]4(CC)C3C(O)C[C@]2(C)[C@]12CCC(=O)O2. The summed E-state index contributed by atoms with van der Waals surface area (Å²) in [5.74, 6) is -0.412. The van der Waals surface area contributed by atoms with Gasteiger partial charge in [-0.1, -0.05) is 26.3 Å². The van der Waals surface area contributed by atoms with Crippen LogP contribution in [0.25, 0.3) is 0 Å². The number of allylic oxidation sites excluding steroid dienone is 1. The summed E-state index contributed by atoms with van der Waals surface area (Å²) in [5.41, 5.74) is -0.164. The molecule has 0 radical (unpaired) electrons. The predicted molar refractivity (Wildman–Crippen MR) is 121 cm³/mol. The molecule has 1 saturated heterocycles. The van der Waals surface area contributed by atoms with Crippen molar-refractivity contribution in [3.8, 4) is 0 Å². The molecule has 1 N–H and O–H groups in total. The molecule has 33 heavy (non-hydrogen) atoms. The van der Waals surface area contributed by atoms with Gasteiger partial charge in [-0.15, -0.1) is 0 Å². The number of aliphatic hydroxyl groups excluding tert-OH is 1. The van der Waals surface area contributed by atoms with Crippen molar-refractivity contribution in [2.24, 2.45) is 40.4 Å². The monoisotopic (exact) mass is 458 g/mol. The molecule has 4 aliphatic carbocycles. The lowest BCUT2D eigenvalue weighted by Gasteiger charge is -2.63. The van der Waals surface area contributed by atoms with Gasteiger partial charge in [0.1, 0.15) is 5.60 Å². The van der Waals surface area contributed by atoms with Gasteiger partial charge in [-0.3, -0.25) is 14.4 Å². The number of fused-ring (bicyclic) bond motifs is 6. The van der Waals surface area contributed by atoms with E-state index in [1.165, 1.54) is 7.11 Å². The molecule has 0 aromatic heterocycles. The third-order valence-electron chi connectivity index (χ3n) is 10.9. The van der Waals surface area contributed by atoms with Gasteiger partial charge in [0.05, 0.1) is 19.1 Å². The lowest BCUT2D eigenvalue weighted by molar-refractivity contribution is -0.203. The Kier molecular flexibility index (Phi) is 5.35. The first kappa shape index (κ1) is 23.1. The summed E-state index contributed by atoms with van der Waals surface area (Å²) in [5, 5.41) is 11.9. The second-order valence-corrected chi connectivity index (χ2v) is 11.6. The molecule has 6 unspecified atom stereocenters. The summed E-state index contributed by atoms with van der Waals surface area (Å²) in [7, 11) is 1.43. The number of hydrogen-bond donors (Lipinski definition) is 1. The molecule has 1 aliphatic heterocycles. The van der Waals surface area contributed by atoms with Crippen LogP contribution in [0.5, 0.6) is 0 Å². The summed E-state index contributed by atoms with van der Waals surface area (Å²) in [6.45, 7) is 6.52. The number of carbonyl (C=O) groups is 3. The first-order chi connectivity index (χ1) is 15.7. The molecule has 0 aromatic carbocycles. The van der Waals surface area contributed by atoms with Crippen molar-refractivity contribution in [2.75, 3.05) is 7.11 Å². The summed E-state index contributed by atoms with van der Waals surface area (Å²) >= 11 is 0. The minimum absolute atomic E-state index is 0.0516. The zero-order valence-electron chi connectivity index (χ0n) is 20.4.